The Bertz CT molecular complexity index is 688. The van der Waals surface area contributed by atoms with E-state index in [1.165, 1.54) is 4.90 Å². The van der Waals surface area contributed by atoms with Gasteiger partial charge < -0.3 is 20.3 Å². The molecular formula is C17H18N2O5. The first kappa shape index (κ1) is 17.3. The Kier molecular flexibility index (Phi) is 6.16. The van der Waals surface area contributed by atoms with Gasteiger partial charge >= 0.3 is 6.03 Å². The molecule has 7 nitrogen and oxygen atoms in total. The predicted octanol–water partition coefficient (Wildman–Crippen LogP) is 1.68. The Morgan fingerprint density at radius 2 is 1.71 bits per heavy atom. The van der Waals surface area contributed by atoms with Gasteiger partial charge in [0.05, 0.1) is 12.3 Å². The van der Waals surface area contributed by atoms with Crippen molar-refractivity contribution in [2.24, 2.45) is 5.73 Å². The summed E-state index contributed by atoms with van der Waals surface area (Å²) in [6, 6.07) is 12.8. The molecule has 2 amide bonds. The van der Waals surface area contributed by atoms with Gasteiger partial charge in [-0.15, -0.1) is 0 Å². The van der Waals surface area contributed by atoms with Crippen molar-refractivity contribution in [1.29, 1.82) is 0 Å². The number of rotatable bonds is 8. The fraction of sp³-hybridized carbons (Fsp3) is 0.176. The highest BCUT2D eigenvalue weighted by atomic mass is 16.5. The molecule has 24 heavy (non-hydrogen) atoms. The summed E-state index contributed by atoms with van der Waals surface area (Å²) in [5.74, 6) is 1.04. The van der Waals surface area contributed by atoms with Crippen LogP contribution >= 0.6 is 0 Å². The van der Waals surface area contributed by atoms with E-state index in [0.717, 1.165) is 0 Å². The van der Waals surface area contributed by atoms with Crippen LogP contribution in [0.25, 0.3) is 0 Å². The zero-order chi connectivity index (χ0) is 17.4. The lowest BCUT2D eigenvalue weighted by molar-refractivity contribution is -0.109. The second-order valence-electron chi connectivity index (χ2n) is 4.78. The number of carbonyl (C=O) groups is 2. The van der Waals surface area contributed by atoms with Crippen LogP contribution in [-0.4, -0.2) is 30.8 Å². The number of nitrogens with zero attached hydrogens (tertiary/aromatic N) is 1. The third-order valence-electron chi connectivity index (χ3n) is 3.22. The minimum atomic E-state index is -0.693. The number of nitrogens with two attached hydrogens (primary N) is 1. The summed E-state index contributed by atoms with van der Waals surface area (Å²) in [5, 5.41) is 9.38. The van der Waals surface area contributed by atoms with Crippen LogP contribution in [0, 0.1) is 0 Å². The Morgan fingerprint density at radius 1 is 1.08 bits per heavy atom. The van der Waals surface area contributed by atoms with Gasteiger partial charge in [0, 0.05) is 5.56 Å². The molecule has 0 aliphatic heterocycles. The zero-order valence-electron chi connectivity index (χ0n) is 12.9. The first-order chi connectivity index (χ1) is 11.7. The van der Waals surface area contributed by atoms with E-state index in [4.69, 9.17) is 15.2 Å². The van der Waals surface area contributed by atoms with Crippen molar-refractivity contribution >= 4 is 18.0 Å². The number of anilines is 1. The van der Waals surface area contributed by atoms with Gasteiger partial charge in [-0.05, 0) is 30.3 Å². The van der Waals surface area contributed by atoms with Crippen LogP contribution in [0.5, 0.6) is 11.5 Å². The second kappa shape index (κ2) is 8.54. The molecule has 0 atom stereocenters. The normalized spacial score (nSPS) is 10.0. The van der Waals surface area contributed by atoms with Crippen molar-refractivity contribution in [3.63, 3.8) is 0 Å². The molecule has 2 rings (SSSR count). The van der Waals surface area contributed by atoms with Crippen molar-refractivity contribution in [1.82, 2.24) is 0 Å². The average molecular weight is 330 g/mol. The van der Waals surface area contributed by atoms with Crippen molar-refractivity contribution in [3.05, 3.63) is 54.1 Å². The molecule has 0 heterocycles. The topological polar surface area (TPSA) is 102 Å². The Balaban J connectivity index is 2.06. The summed E-state index contributed by atoms with van der Waals surface area (Å²) in [7, 11) is 0. The first-order valence-corrected chi connectivity index (χ1v) is 7.20. The SMILES string of the molecule is NC(=O)N(COc1ccc(OCC=O)cc1)c1ccccc1CO. The summed E-state index contributed by atoms with van der Waals surface area (Å²) in [6.07, 6.45) is 0.660. The summed E-state index contributed by atoms with van der Waals surface area (Å²) in [5.41, 5.74) is 6.46. The lowest BCUT2D eigenvalue weighted by atomic mass is 10.2. The second-order valence-corrected chi connectivity index (χ2v) is 4.78. The van der Waals surface area contributed by atoms with Crippen LogP contribution in [0.15, 0.2) is 48.5 Å². The molecule has 0 aromatic heterocycles. The number of aldehydes is 1. The standard InChI is InChI=1S/C17H18N2O5/c18-17(22)19(16-4-2-1-3-13(16)11-21)12-24-15-7-5-14(6-8-15)23-10-9-20/h1-9,21H,10-12H2,(H2,18,22). The zero-order valence-corrected chi connectivity index (χ0v) is 12.9. The van der Waals surface area contributed by atoms with Crippen LogP contribution < -0.4 is 20.1 Å². The van der Waals surface area contributed by atoms with E-state index in [-0.39, 0.29) is 19.9 Å². The third kappa shape index (κ3) is 4.47. The average Bonchev–Trinajstić information content (AvgIpc) is 2.61. The van der Waals surface area contributed by atoms with E-state index in [9.17, 15) is 14.7 Å². The van der Waals surface area contributed by atoms with Crippen molar-refractivity contribution in [2.75, 3.05) is 18.2 Å². The molecule has 2 aromatic carbocycles. The van der Waals surface area contributed by atoms with Crippen LogP contribution in [0.4, 0.5) is 10.5 Å². The van der Waals surface area contributed by atoms with Gasteiger partial charge in [-0.3, -0.25) is 9.69 Å². The van der Waals surface area contributed by atoms with E-state index in [0.29, 0.717) is 29.0 Å². The molecule has 0 spiro atoms. The smallest absolute Gasteiger partial charge is 0.322 e. The lowest BCUT2D eigenvalue weighted by Crippen LogP contribution is -2.39. The van der Waals surface area contributed by atoms with Gasteiger partial charge in [0.25, 0.3) is 0 Å². The summed E-state index contributed by atoms with van der Waals surface area (Å²) in [4.78, 5) is 23.2. The van der Waals surface area contributed by atoms with E-state index >= 15 is 0 Å². The molecule has 0 saturated heterocycles. The van der Waals surface area contributed by atoms with Crippen molar-refractivity contribution in [2.45, 2.75) is 6.61 Å². The number of primary amides is 1. The molecule has 126 valence electrons. The molecule has 3 N–H and O–H groups in total. The number of para-hydroxylation sites is 1. The molecule has 0 radical (unpaired) electrons. The van der Waals surface area contributed by atoms with Crippen LogP contribution in [0.1, 0.15) is 5.56 Å². The number of amides is 2. The monoisotopic (exact) mass is 330 g/mol. The largest absolute Gasteiger partial charge is 0.486 e. The number of aliphatic hydroxyl groups excluding tert-OH is 1. The molecular weight excluding hydrogens is 312 g/mol. The minimum absolute atomic E-state index is 0.0202. The number of hydrogen-bond acceptors (Lipinski definition) is 5. The number of hydrogen-bond donors (Lipinski definition) is 2. The van der Waals surface area contributed by atoms with Gasteiger partial charge in [-0.2, -0.15) is 0 Å². The van der Waals surface area contributed by atoms with Gasteiger partial charge in [0.15, 0.2) is 13.0 Å². The number of urea groups is 1. The number of benzene rings is 2. The van der Waals surface area contributed by atoms with Gasteiger partial charge in [0.1, 0.15) is 18.1 Å². The number of aliphatic hydroxyl groups is 1. The van der Waals surface area contributed by atoms with E-state index < -0.39 is 6.03 Å². The van der Waals surface area contributed by atoms with Crippen molar-refractivity contribution < 1.29 is 24.2 Å². The predicted molar refractivity (Wildman–Crippen MR) is 87.9 cm³/mol. The molecule has 0 fully saturated rings. The fourth-order valence-electron chi connectivity index (χ4n) is 2.06. The summed E-state index contributed by atoms with van der Waals surface area (Å²) < 4.78 is 10.7. The quantitative estimate of drug-likeness (QED) is 0.566. The molecule has 0 saturated carbocycles. The maximum absolute atomic E-state index is 11.7. The number of ether oxygens (including phenoxy) is 2. The highest BCUT2D eigenvalue weighted by Gasteiger charge is 2.16. The van der Waals surface area contributed by atoms with Crippen LogP contribution in [0.2, 0.25) is 0 Å². The Labute approximate surface area is 139 Å². The van der Waals surface area contributed by atoms with Gasteiger partial charge in [0.2, 0.25) is 0 Å². The molecule has 0 bridgehead atoms. The molecule has 2 aromatic rings. The molecule has 0 aliphatic carbocycles. The van der Waals surface area contributed by atoms with Crippen LogP contribution in [-0.2, 0) is 11.4 Å². The fourth-order valence-corrected chi connectivity index (χ4v) is 2.06. The summed E-state index contributed by atoms with van der Waals surface area (Å²) >= 11 is 0. The lowest BCUT2D eigenvalue weighted by Gasteiger charge is -2.23. The molecule has 7 heteroatoms. The van der Waals surface area contributed by atoms with Crippen molar-refractivity contribution in [3.8, 4) is 11.5 Å². The maximum Gasteiger partial charge on any atom is 0.322 e. The Hall–Kier alpha value is -3.06. The van der Waals surface area contributed by atoms with E-state index in [1.54, 1.807) is 48.5 Å². The summed E-state index contributed by atoms with van der Waals surface area (Å²) in [6.45, 7) is -0.350. The van der Waals surface area contributed by atoms with Crippen LogP contribution in [0.3, 0.4) is 0 Å². The Morgan fingerprint density at radius 3 is 2.29 bits per heavy atom. The first-order valence-electron chi connectivity index (χ1n) is 7.20. The van der Waals surface area contributed by atoms with E-state index in [2.05, 4.69) is 0 Å². The third-order valence-corrected chi connectivity index (χ3v) is 3.22. The maximum atomic E-state index is 11.7. The highest BCUT2D eigenvalue weighted by Crippen LogP contribution is 2.22. The molecule has 0 unspecified atom stereocenters. The minimum Gasteiger partial charge on any atom is -0.486 e. The molecule has 0 aliphatic rings. The highest BCUT2D eigenvalue weighted by molar-refractivity contribution is 5.91. The van der Waals surface area contributed by atoms with Gasteiger partial charge in [-0.1, -0.05) is 18.2 Å². The number of carbonyl (C=O) groups excluding carboxylic acids is 2. The van der Waals surface area contributed by atoms with E-state index in [1.807, 2.05) is 0 Å². The van der Waals surface area contributed by atoms with Gasteiger partial charge in [-0.25, -0.2) is 4.79 Å².